The summed E-state index contributed by atoms with van der Waals surface area (Å²) in [5.41, 5.74) is -0.350. The third kappa shape index (κ3) is 4.50. The highest BCUT2D eigenvalue weighted by atomic mass is 32.2. The second-order valence-corrected chi connectivity index (χ2v) is 5.14. The molecule has 1 rings (SSSR count). The van der Waals surface area contributed by atoms with Gasteiger partial charge in [-0.2, -0.15) is 4.98 Å². The molecule has 7 heteroatoms. The van der Waals surface area contributed by atoms with Gasteiger partial charge >= 0.3 is 5.97 Å². The molecule has 6 nitrogen and oxygen atoms in total. The monoisotopic (exact) mass is 271 g/mol. The van der Waals surface area contributed by atoms with Crippen LogP contribution in [0.25, 0.3) is 0 Å². The molecular formula is C11H17N3O3S. The van der Waals surface area contributed by atoms with Gasteiger partial charge in [-0.1, -0.05) is 11.8 Å². The Morgan fingerprint density at radius 1 is 1.61 bits per heavy atom. The van der Waals surface area contributed by atoms with Crippen LogP contribution in [0.1, 0.15) is 6.92 Å². The fourth-order valence-corrected chi connectivity index (χ4v) is 1.95. The van der Waals surface area contributed by atoms with Crippen molar-refractivity contribution in [1.29, 1.82) is 0 Å². The topological polar surface area (TPSA) is 75.4 Å². The summed E-state index contributed by atoms with van der Waals surface area (Å²) in [5, 5.41) is 9.10. The van der Waals surface area contributed by atoms with Gasteiger partial charge in [-0.15, -0.1) is 0 Å². The fourth-order valence-electron chi connectivity index (χ4n) is 1.24. The molecule has 1 N–H and O–H groups in total. The van der Waals surface area contributed by atoms with E-state index in [1.54, 1.807) is 10.8 Å². The molecule has 0 aliphatic heterocycles. The summed E-state index contributed by atoms with van der Waals surface area (Å²) in [6.45, 7) is 2.70. The molecule has 1 unspecified atom stereocenters. The lowest BCUT2D eigenvalue weighted by molar-refractivity contribution is -0.133. The molecule has 0 saturated carbocycles. The molecule has 100 valence electrons. The maximum atomic E-state index is 11.2. The molecule has 18 heavy (non-hydrogen) atoms. The maximum Gasteiger partial charge on any atom is 0.313 e. The number of likely N-dealkylation sites (N-methyl/N-ethyl adjacent to an activating group) is 1. The zero-order valence-electron chi connectivity index (χ0n) is 10.7. The number of carboxylic acids is 1. The number of carbonyl (C=O) groups is 1. The van der Waals surface area contributed by atoms with Crippen molar-refractivity contribution in [3.05, 3.63) is 22.6 Å². The van der Waals surface area contributed by atoms with Crippen molar-refractivity contribution < 1.29 is 9.90 Å². The number of carboxylic acid groups (broad SMARTS) is 1. The van der Waals surface area contributed by atoms with E-state index in [0.29, 0.717) is 11.7 Å². The number of rotatable bonds is 6. The highest BCUT2D eigenvalue weighted by molar-refractivity contribution is 7.99. The Morgan fingerprint density at radius 2 is 2.28 bits per heavy atom. The second kappa shape index (κ2) is 6.55. The molecule has 0 bridgehead atoms. The standard InChI is InChI=1S/C11H17N3O3S/c1-8(13(2)3)6-14-5-4-9(15)12-11(14)18-7-10(16)17/h4-5,8H,6-7H2,1-3H3,(H,16,17). The lowest BCUT2D eigenvalue weighted by atomic mass is 10.3. The van der Waals surface area contributed by atoms with Crippen LogP contribution >= 0.6 is 11.8 Å². The second-order valence-electron chi connectivity index (χ2n) is 4.20. The van der Waals surface area contributed by atoms with Crippen molar-refractivity contribution in [1.82, 2.24) is 14.5 Å². The SMILES string of the molecule is CC(Cn1ccc(=O)nc1SCC(=O)O)N(C)C. The summed E-state index contributed by atoms with van der Waals surface area (Å²) in [5.74, 6) is -1.03. The smallest absolute Gasteiger partial charge is 0.313 e. The predicted octanol–water partition coefficient (Wildman–Crippen LogP) is 0.370. The Balaban J connectivity index is 2.89. The van der Waals surface area contributed by atoms with Crippen LogP contribution in [0.4, 0.5) is 0 Å². The summed E-state index contributed by atoms with van der Waals surface area (Å²) in [6.07, 6.45) is 1.65. The van der Waals surface area contributed by atoms with Gasteiger partial charge in [0.1, 0.15) is 0 Å². The summed E-state index contributed by atoms with van der Waals surface area (Å²) in [7, 11) is 3.93. The molecule has 0 spiro atoms. The van der Waals surface area contributed by atoms with Gasteiger partial charge in [-0.25, -0.2) is 0 Å². The first-order valence-electron chi connectivity index (χ1n) is 5.48. The van der Waals surface area contributed by atoms with Gasteiger partial charge in [-0.3, -0.25) is 9.59 Å². The van der Waals surface area contributed by atoms with Crippen molar-refractivity contribution in [2.75, 3.05) is 19.8 Å². The molecule has 1 aromatic rings. The summed E-state index contributed by atoms with van der Waals surface area (Å²) in [6, 6.07) is 1.64. The quantitative estimate of drug-likeness (QED) is 0.595. The van der Waals surface area contributed by atoms with Crippen LogP contribution in [0, 0.1) is 0 Å². The van der Waals surface area contributed by atoms with Crippen LogP contribution in [0.5, 0.6) is 0 Å². The van der Waals surface area contributed by atoms with E-state index in [4.69, 9.17) is 5.11 Å². The number of hydrogen-bond acceptors (Lipinski definition) is 5. The van der Waals surface area contributed by atoms with Gasteiger partial charge < -0.3 is 14.6 Å². The third-order valence-electron chi connectivity index (χ3n) is 2.52. The van der Waals surface area contributed by atoms with E-state index in [1.165, 1.54) is 6.07 Å². The van der Waals surface area contributed by atoms with Crippen LogP contribution < -0.4 is 5.56 Å². The fraction of sp³-hybridized carbons (Fsp3) is 0.545. The van der Waals surface area contributed by atoms with Crippen LogP contribution in [0.2, 0.25) is 0 Å². The lowest BCUT2D eigenvalue weighted by Crippen LogP contribution is -2.30. The normalized spacial score (nSPS) is 12.7. The zero-order valence-corrected chi connectivity index (χ0v) is 11.5. The van der Waals surface area contributed by atoms with Crippen molar-refractivity contribution in [3.8, 4) is 0 Å². The average molecular weight is 271 g/mol. The van der Waals surface area contributed by atoms with Gasteiger partial charge in [0.15, 0.2) is 5.16 Å². The van der Waals surface area contributed by atoms with E-state index in [0.717, 1.165) is 11.8 Å². The average Bonchev–Trinajstić information content (AvgIpc) is 2.29. The summed E-state index contributed by atoms with van der Waals surface area (Å²) in [4.78, 5) is 27.7. The van der Waals surface area contributed by atoms with Gasteiger partial charge in [0.05, 0.1) is 5.75 Å². The van der Waals surface area contributed by atoms with E-state index >= 15 is 0 Å². The van der Waals surface area contributed by atoms with Gasteiger partial charge in [0, 0.05) is 24.8 Å². The number of aliphatic carboxylic acids is 1. The van der Waals surface area contributed by atoms with E-state index in [2.05, 4.69) is 4.98 Å². The first kappa shape index (κ1) is 14.7. The largest absolute Gasteiger partial charge is 0.481 e. The highest BCUT2D eigenvalue weighted by Gasteiger charge is 2.10. The number of nitrogens with zero attached hydrogens (tertiary/aromatic N) is 3. The summed E-state index contributed by atoms with van der Waals surface area (Å²) >= 11 is 1.06. The van der Waals surface area contributed by atoms with Crippen molar-refractivity contribution in [3.63, 3.8) is 0 Å². The Labute approximate surface area is 110 Å². The zero-order chi connectivity index (χ0) is 13.7. The lowest BCUT2D eigenvalue weighted by Gasteiger charge is -2.22. The van der Waals surface area contributed by atoms with Gasteiger partial charge in [0.25, 0.3) is 5.56 Å². The predicted molar refractivity (Wildman–Crippen MR) is 70.0 cm³/mol. The molecule has 0 amide bonds. The van der Waals surface area contributed by atoms with Gasteiger partial charge in [-0.05, 0) is 21.0 Å². The van der Waals surface area contributed by atoms with E-state index in [9.17, 15) is 9.59 Å². The number of hydrogen-bond donors (Lipinski definition) is 1. The minimum absolute atomic E-state index is 0.104. The molecule has 1 aromatic heterocycles. The minimum atomic E-state index is -0.926. The summed E-state index contributed by atoms with van der Waals surface area (Å²) < 4.78 is 1.81. The van der Waals surface area contributed by atoms with Crippen molar-refractivity contribution >= 4 is 17.7 Å². The Hall–Kier alpha value is -1.34. The van der Waals surface area contributed by atoms with Crippen LogP contribution in [-0.4, -0.2) is 51.4 Å². The minimum Gasteiger partial charge on any atom is -0.481 e. The van der Waals surface area contributed by atoms with Crippen molar-refractivity contribution in [2.24, 2.45) is 0 Å². The molecule has 0 saturated heterocycles. The molecule has 0 aliphatic rings. The highest BCUT2D eigenvalue weighted by Crippen LogP contribution is 2.14. The Kier molecular flexibility index (Phi) is 5.36. The van der Waals surface area contributed by atoms with Gasteiger partial charge in [0.2, 0.25) is 0 Å². The first-order chi connectivity index (χ1) is 8.40. The van der Waals surface area contributed by atoms with Crippen LogP contribution in [0.15, 0.2) is 22.2 Å². The Bertz CT molecular complexity index is 473. The number of thioether (sulfide) groups is 1. The van der Waals surface area contributed by atoms with Crippen molar-refractivity contribution in [2.45, 2.75) is 24.7 Å². The van der Waals surface area contributed by atoms with Crippen LogP contribution in [0.3, 0.4) is 0 Å². The van der Waals surface area contributed by atoms with E-state index < -0.39 is 5.97 Å². The molecule has 0 aliphatic carbocycles. The molecular weight excluding hydrogens is 254 g/mol. The molecule has 1 atom stereocenters. The number of aromatic nitrogens is 2. The van der Waals surface area contributed by atoms with Crippen LogP contribution in [-0.2, 0) is 11.3 Å². The molecule has 0 aromatic carbocycles. The first-order valence-corrected chi connectivity index (χ1v) is 6.47. The third-order valence-corrected chi connectivity index (χ3v) is 3.49. The van der Waals surface area contributed by atoms with E-state index in [-0.39, 0.29) is 17.4 Å². The molecule has 1 heterocycles. The van der Waals surface area contributed by atoms with E-state index in [1.807, 2.05) is 25.9 Å². The maximum absolute atomic E-state index is 11.2. The molecule has 0 fully saturated rings. The Morgan fingerprint density at radius 3 is 2.83 bits per heavy atom. The molecule has 0 radical (unpaired) electrons.